The summed E-state index contributed by atoms with van der Waals surface area (Å²) in [6.45, 7) is 0. The molecule has 1 aromatic carbocycles. The van der Waals surface area contributed by atoms with Gasteiger partial charge in [0.25, 0.3) is 5.91 Å². The monoisotopic (exact) mass is 282 g/mol. The topological polar surface area (TPSA) is 62.0 Å². The molecule has 0 fully saturated rings. The summed E-state index contributed by atoms with van der Waals surface area (Å²) in [6.07, 6.45) is 1.32. The molecule has 0 bridgehead atoms. The maximum Gasteiger partial charge on any atom is 0.257 e. The number of hydrogen-bond acceptors (Lipinski definition) is 2. The fourth-order valence-electron chi connectivity index (χ4n) is 1.35. The van der Waals surface area contributed by atoms with E-state index < -0.39 is 5.91 Å². The molecule has 1 aromatic heterocycles. The van der Waals surface area contributed by atoms with Crippen LogP contribution in [0.4, 0.5) is 5.69 Å². The minimum absolute atomic E-state index is 0.276. The number of rotatable bonds is 2. The predicted octanol–water partition coefficient (Wildman–Crippen LogP) is 2.93. The van der Waals surface area contributed by atoms with E-state index in [-0.39, 0.29) is 5.56 Å². The second-order valence-electron chi connectivity index (χ2n) is 3.49. The van der Waals surface area contributed by atoms with E-state index in [1.54, 1.807) is 18.2 Å². The number of carbonyl (C=O) groups is 1. The van der Waals surface area contributed by atoms with Crippen LogP contribution in [0.2, 0.25) is 10.0 Å². The number of aromatic nitrogens is 1. The van der Waals surface area contributed by atoms with E-state index in [0.29, 0.717) is 21.3 Å². The first kappa shape index (κ1) is 12.7. The van der Waals surface area contributed by atoms with Crippen LogP contribution in [0, 0.1) is 0 Å². The van der Waals surface area contributed by atoms with Crippen LogP contribution in [0.5, 0.6) is 0 Å². The quantitative estimate of drug-likeness (QED) is 0.890. The Kier molecular flexibility index (Phi) is 3.69. The molecule has 0 unspecified atom stereocenters. The van der Waals surface area contributed by atoms with Crippen LogP contribution in [0.1, 0.15) is 10.4 Å². The van der Waals surface area contributed by atoms with Crippen molar-refractivity contribution in [1.29, 1.82) is 0 Å². The number of halogens is 2. The van der Waals surface area contributed by atoms with Crippen molar-refractivity contribution in [3.05, 3.63) is 62.5 Å². The fourth-order valence-corrected chi connectivity index (χ4v) is 1.85. The van der Waals surface area contributed by atoms with E-state index in [1.807, 2.05) is 0 Å². The second-order valence-corrected chi connectivity index (χ2v) is 4.31. The lowest BCUT2D eigenvalue weighted by molar-refractivity contribution is 0.102. The number of nitrogens with one attached hydrogen (secondary N) is 2. The van der Waals surface area contributed by atoms with Crippen LogP contribution in [-0.4, -0.2) is 10.9 Å². The van der Waals surface area contributed by atoms with E-state index in [0.717, 1.165) is 0 Å². The van der Waals surface area contributed by atoms with Crippen molar-refractivity contribution in [3.63, 3.8) is 0 Å². The van der Waals surface area contributed by atoms with Crippen LogP contribution in [0.15, 0.2) is 41.3 Å². The average molecular weight is 283 g/mol. The Balaban J connectivity index is 2.27. The fraction of sp³-hybridized carbons (Fsp3) is 0. The van der Waals surface area contributed by atoms with Gasteiger partial charge in [-0.1, -0.05) is 29.3 Å². The van der Waals surface area contributed by atoms with Gasteiger partial charge in [0.05, 0.1) is 21.3 Å². The highest BCUT2D eigenvalue weighted by molar-refractivity contribution is 6.40. The lowest BCUT2D eigenvalue weighted by Crippen LogP contribution is -2.15. The highest BCUT2D eigenvalue weighted by Crippen LogP contribution is 2.30. The van der Waals surface area contributed by atoms with Crippen molar-refractivity contribution in [2.75, 3.05) is 5.32 Å². The Morgan fingerprint density at radius 2 is 1.78 bits per heavy atom. The van der Waals surface area contributed by atoms with Gasteiger partial charge in [-0.25, -0.2) is 0 Å². The van der Waals surface area contributed by atoms with Crippen LogP contribution >= 0.6 is 23.2 Å². The van der Waals surface area contributed by atoms with Crippen molar-refractivity contribution in [3.8, 4) is 0 Å². The van der Waals surface area contributed by atoms with Crippen molar-refractivity contribution >= 4 is 34.8 Å². The molecule has 0 saturated carbocycles. The van der Waals surface area contributed by atoms with E-state index in [4.69, 9.17) is 23.2 Å². The van der Waals surface area contributed by atoms with Gasteiger partial charge in [0, 0.05) is 12.3 Å². The van der Waals surface area contributed by atoms with Crippen molar-refractivity contribution in [2.45, 2.75) is 0 Å². The average Bonchev–Trinajstić information content (AvgIpc) is 2.34. The molecule has 0 atom stereocenters. The van der Waals surface area contributed by atoms with Gasteiger partial charge in [-0.2, -0.15) is 0 Å². The number of para-hydroxylation sites is 1. The highest BCUT2D eigenvalue weighted by Gasteiger charge is 2.11. The molecule has 2 rings (SSSR count). The summed E-state index contributed by atoms with van der Waals surface area (Å²) in [4.78, 5) is 25.2. The number of pyridine rings is 1. The first-order valence-corrected chi connectivity index (χ1v) is 5.77. The molecule has 92 valence electrons. The zero-order valence-electron chi connectivity index (χ0n) is 9.04. The van der Waals surface area contributed by atoms with E-state index in [1.165, 1.54) is 18.3 Å². The Morgan fingerprint density at radius 3 is 2.33 bits per heavy atom. The first-order valence-electron chi connectivity index (χ1n) is 5.02. The third-order valence-corrected chi connectivity index (χ3v) is 2.88. The number of benzene rings is 1. The smallest absolute Gasteiger partial charge is 0.257 e. The molecule has 1 heterocycles. The van der Waals surface area contributed by atoms with Crippen molar-refractivity contribution in [2.24, 2.45) is 0 Å². The number of amides is 1. The van der Waals surface area contributed by atoms with Crippen LogP contribution < -0.4 is 10.9 Å². The van der Waals surface area contributed by atoms with Crippen molar-refractivity contribution < 1.29 is 4.79 Å². The largest absolute Gasteiger partial charge is 0.328 e. The summed E-state index contributed by atoms with van der Waals surface area (Å²) in [7, 11) is 0. The molecule has 0 saturated heterocycles. The maximum absolute atomic E-state index is 11.9. The standard InChI is InChI=1S/C12H8Cl2N2O2/c13-8-2-1-3-9(14)11(8)16-12(18)7-4-5-10(17)15-6-7/h1-6H,(H,15,17)(H,16,18). The lowest BCUT2D eigenvalue weighted by atomic mass is 10.2. The van der Waals surface area contributed by atoms with Crippen LogP contribution in [0.25, 0.3) is 0 Å². The molecule has 0 radical (unpaired) electrons. The van der Waals surface area contributed by atoms with Gasteiger partial charge in [-0.15, -0.1) is 0 Å². The van der Waals surface area contributed by atoms with Crippen molar-refractivity contribution in [1.82, 2.24) is 4.98 Å². The zero-order valence-corrected chi connectivity index (χ0v) is 10.5. The SMILES string of the molecule is O=C(Nc1c(Cl)cccc1Cl)c1ccc(=O)[nH]c1. The summed E-state index contributed by atoms with van der Waals surface area (Å²) >= 11 is 11.9. The summed E-state index contributed by atoms with van der Waals surface area (Å²) in [6, 6.07) is 7.61. The molecular weight excluding hydrogens is 275 g/mol. The lowest BCUT2D eigenvalue weighted by Gasteiger charge is -2.08. The summed E-state index contributed by atoms with van der Waals surface area (Å²) in [5, 5.41) is 3.28. The number of H-pyrrole nitrogens is 1. The molecule has 0 spiro atoms. The van der Waals surface area contributed by atoms with Crippen LogP contribution in [0.3, 0.4) is 0 Å². The van der Waals surface area contributed by atoms with E-state index in [9.17, 15) is 9.59 Å². The minimum atomic E-state index is -0.402. The highest BCUT2D eigenvalue weighted by atomic mass is 35.5. The number of hydrogen-bond donors (Lipinski definition) is 2. The molecule has 2 N–H and O–H groups in total. The Bertz CT molecular complexity index is 612. The first-order chi connectivity index (χ1) is 8.58. The molecule has 4 nitrogen and oxygen atoms in total. The van der Waals surface area contributed by atoms with Gasteiger partial charge in [-0.3, -0.25) is 9.59 Å². The molecule has 1 amide bonds. The number of carbonyl (C=O) groups excluding carboxylic acids is 1. The molecule has 0 aliphatic carbocycles. The third-order valence-electron chi connectivity index (χ3n) is 2.25. The van der Waals surface area contributed by atoms with Gasteiger partial charge < -0.3 is 10.3 Å². The normalized spacial score (nSPS) is 10.1. The Hall–Kier alpha value is -1.78. The van der Waals surface area contributed by atoms with E-state index in [2.05, 4.69) is 10.3 Å². The number of anilines is 1. The zero-order chi connectivity index (χ0) is 13.1. The molecular formula is C12H8Cl2N2O2. The molecule has 0 aliphatic rings. The van der Waals surface area contributed by atoms with Crippen LogP contribution in [-0.2, 0) is 0 Å². The maximum atomic E-state index is 11.9. The number of aromatic amines is 1. The van der Waals surface area contributed by atoms with E-state index >= 15 is 0 Å². The van der Waals surface area contributed by atoms with Gasteiger partial charge in [0.1, 0.15) is 0 Å². The van der Waals surface area contributed by atoms with Gasteiger partial charge in [0.15, 0.2) is 0 Å². The molecule has 18 heavy (non-hydrogen) atoms. The summed E-state index contributed by atoms with van der Waals surface area (Å²) in [5.41, 5.74) is 0.380. The third kappa shape index (κ3) is 2.72. The molecule has 6 heteroatoms. The van der Waals surface area contributed by atoms with Gasteiger partial charge in [-0.05, 0) is 18.2 Å². The second kappa shape index (κ2) is 5.25. The Morgan fingerprint density at radius 1 is 1.11 bits per heavy atom. The van der Waals surface area contributed by atoms with Gasteiger partial charge in [0.2, 0.25) is 5.56 Å². The Labute approximate surface area is 113 Å². The van der Waals surface area contributed by atoms with Gasteiger partial charge >= 0.3 is 0 Å². The molecule has 0 aliphatic heterocycles. The predicted molar refractivity (Wildman–Crippen MR) is 71.5 cm³/mol. The minimum Gasteiger partial charge on any atom is -0.328 e. The summed E-state index contributed by atoms with van der Waals surface area (Å²) < 4.78 is 0. The summed E-state index contributed by atoms with van der Waals surface area (Å²) in [5.74, 6) is -0.402. The molecule has 2 aromatic rings.